The van der Waals surface area contributed by atoms with Gasteiger partial charge in [0.05, 0.1) is 42.6 Å². The molecule has 0 aliphatic carbocycles. The zero-order chi connectivity index (χ0) is 21.6. The maximum Gasteiger partial charge on any atom is 0.333 e. The minimum Gasteiger partial charge on any atom is -0.467 e. The second-order valence-corrected chi connectivity index (χ2v) is 8.52. The zero-order valence-corrected chi connectivity index (χ0v) is 17.5. The summed E-state index contributed by atoms with van der Waals surface area (Å²) in [6, 6.07) is 15.0. The number of pyridine rings is 1. The van der Waals surface area contributed by atoms with Crippen molar-refractivity contribution in [2.45, 2.75) is 45.6 Å². The van der Waals surface area contributed by atoms with Crippen LogP contribution in [0, 0.1) is 0 Å². The van der Waals surface area contributed by atoms with Gasteiger partial charge in [-0.05, 0) is 37.6 Å². The molecule has 0 radical (unpaired) electrons. The van der Waals surface area contributed by atoms with Crippen LogP contribution in [0.1, 0.15) is 36.4 Å². The molecule has 5 rings (SSSR count). The van der Waals surface area contributed by atoms with Gasteiger partial charge >= 0.3 is 5.69 Å². The lowest BCUT2D eigenvalue weighted by atomic mass is 9.95. The van der Waals surface area contributed by atoms with Crippen molar-refractivity contribution in [1.82, 2.24) is 14.1 Å². The average molecular weight is 417 g/mol. The number of rotatable bonds is 4. The lowest BCUT2D eigenvalue weighted by Gasteiger charge is -2.31. The van der Waals surface area contributed by atoms with E-state index in [1.807, 2.05) is 50.2 Å². The number of ether oxygens (including phenoxy) is 1. The van der Waals surface area contributed by atoms with E-state index in [1.54, 1.807) is 16.7 Å². The smallest absolute Gasteiger partial charge is 0.333 e. The van der Waals surface area contributed by atoms with Crippen molar-refractivity contribution in [3.63, 3.8) is 0 Å². The van der Waals surface area contributed by atoms with Gasteiger partial charge in [-0.3, -0.25) is 13.9 Å². The third kappa shape index (κ3) is 3.61. The van der Waals surface area contributed by atoms with Crippen LogP contribution in [-0.2, 0) is 30.9 Å². The summed E-state index contributed by atoms with van der Waals surface area (Å²) in [6.45, 7) is 4.80. The maximum absolute atomic E-state index is 13.4. The minimum absolute atomic E-state index is 0.0655. The first-order valence-corrected chi connectivity index (χ1v) is 10.3. The summed E-state index contributed by atoms with van der Waals surface area (Å²) < 4.78 is 14.1. The second kappa shape index (κ2) is 7.35. The molecule has 0 atom stereocenters. The van der Waals surface area contributed by atoms with Gasteiger partial charge in [-0.25, -0.2) is 9.78 Å². The molecule has 1 aliphatic heterocycles. The number of hydrogen-bond donors (Lipinski definition) is 0. The predicted octanol–water partition coefficient (Wildman–Crippen LogP) is 3.10. The fraction of sp³-hybridized carbons (Fsp3) is 0.292. The van der Waals surface area contributed by atoms with Crippen molar-refractivity contribution in [3.05, 3.63) is 98.2 Å². The van der Waals surface area contributed by atoms with Gasteiger partial charge in [0.25, 0.3) is 5.56 Å². The molecule has 0 saturated carbocycles. The van der Waals surface area contributed by atoms with Crippen molar-refractivity contribution in [2.75, 3.05) is 0 Å². The highest BCUT2D eigenvalue weighted by molar-refractivity contribution is 5.75. The highest BCUT2D eigenvalue weighted by atomic mass is 16.5. The van der Waals surface area contributed by atoms with E-state index in [9.17, 15) is 9.59 Å². The van der Waals surface area contributed by atoms with Crippen molar-refractivity contribution in [2.24, 2.45) is 0 Å². The Hall–Kier alpha value is -3.45. The molecular formula is C24H23N3O4. The van der Waals surface area contributed by atoms with Gasteiger partial charge in [-0.1, -0.05) is 30.3 Å². The van der Waals surface area contributed by atoms with Crippen LogP contribution < -0.4 is 11.2 Å². The van der Waals surface area contributed by atoms with Crippen LogP contribution in [0.25, 0.3) is 11.0 Å². The molecule has 158 valence electrons. The molecule has 7 nitrogen and oxygen atoms in total. The normalized spacial score (nSPS) is 15.2. The molecule has 0 bridgehead atoms. The van der Waals surface area contributed by atoms with E-state index in [0.717, 1.165) is 16.8 Å². The molecule has 3 aromatic heterocycles. The Balaban J connectivity index is 1.75. The van der Waals surface area contributed by atoms with Crippen LogP contribution in [0.5, 0.6) is 0 Å². The third-order valence-corrected chi connectivity index (χ3v) is 5.65. The van der Waals surface area contributed by atoms with Crippen LogP contribution >= 0.6 is 0 Å². The van der Waals surface area contributed by atoms with Crippen LogP contribution in [0.3, 0.4) is 0 Å². The van der Waals surface area contributed by atoms with Crippen LogP contribution in [0.15, 0.2) is 68.8 Å². The number of benzene rings is 1. The van der Waals surface area contributed by atoms with E-state index >= 15 is 0 Å². The molecule has 0 saturated heterocycles. The Bertz CT molecular complexity index is 1370. The van der Waals surface area contributed by atoms with E-state index in [-0.39, 0.29) is 17.7 Å². The van der Waals surface area contributed by atoms with Gasteiger partial charge in [0, 0.05) is 12.0 Å². The lowest BCUT2D eigenvalue weighted by Crippen LogP contribution is -2.41. The zero-order valence-electron chi connectivity index (χ0n) is 17.5. The number of aromatic nitrogens is 3. The lowest BCUT2D eigenvalue weighted by molar-refractivity contribution is -0.0411. The van der Waals surface area contributed by atoms with Crippen LogP contribution in [0.4, 0.5) is 0 Å². The minimum atomic E-state index is -0.406. The second-order valence-electron chi connectivity index (χ2n) is 8.52. The molecule has 0 N–H and O–H groups in total. The molecule has 31 heavy (non-hydrogen) atoms. The Morgan fingerprint density at radius 2 is 1.84 bits per heavy atom. The summed E-state index contributed by atoms with van der Waals surface area (Å²) in [5, 5.41) is 0.407. The molecular weight excluding hydrogens is 394 g/mol. The third-order valence-electron chi connectivity index (χ3n) is 5.65. The summed E-state index contributed by atoms with van der Waals surface area (Å²) >= 11 is 0. The Morgan fingerprint density at radius 1 is 1.03 bits per heavy atom. The molecule has 0 spiro atoms. The van der Waals surface area contributed by atoms with Gasteiger partial charge in [0.15, 0.2) is 0 Å². The van der Waals surface area contributed by atoms with Crippen molar-refractivity contribution < 1.29 is 9.15 Å². The Labute approximate surface area is 178 Å². The summed E-state index contributed by atoms with van der Waals surface area (Å²) in [5.41, 5.74) is 2.00. The van der Waals surface area contributed by atoms with E-state index in [1.165, 1.54) is 10.8 Å². The van der Waals surface area contributed by atoms with Gasteiger partial charge in [-0.2, -0.15) is 0 Å². The number of hydrogen-bond acceptors (Lipinski definition) is 5. The SMILES string of the molecule is CC1(C)Cc2nc3c(cc2CO1)c(=O)n(Cc1ccco1)c(=O)n3Cc1ccccc1. The quantitative estimate of drug-likeness (QED) is 0.510. The molecule has 1 aliphatic rings. The summed E-state index contributed by atoms with van der Waals surface area (Å²) in [5.74, 6) is 0.542. The van der Waals surface area contributed by atoms with Crippen molar-refractivity contribution in [1.29, 1.82) is 0 Å². The van der Waals surface area contributed by atoms with E-state index in [0.29, 0.717) is 36.4 Å². The fourth-order valence-corrected chi connectivity index (χ4v) is 4.03. The molecule has 0 unspecified atom stereocenters. The van der Waals surface area contributed by atoms with Gasteiger partial charge in [0.2, 0.25) is 0 Å². The van der Waals surface area contributed by atoms with Gasteiger partial charge in [-0.15, -0.1) is 0 Å². The highest BCUT2D eigenvalue weighted by Gasteiger charge is 2.28. The highest BCUT2D eigenvalue weighted by Crippen LogP contribution is 2.28. The predicted molar refractivity (Wildman–Crippen MR) is 116 cm³/mol. The fourth-order valence-electron chi connectivity index (χ4n) is 4.03. The first-order chi connectivity index (χ1) is 14.9. The molecule has 7 heteroatoms. The molecule has 0 fully saturated rings. The Kier molecular flexibility index (Phi) is 4.63. The molecule has 4 heterocycles. The first kappa shape index (κ1) is 19.5. The first-order valence-electron chi connectivity index (χ1n) is 10.3. The molecule has 4 aromatic rings. The van der Waals surface area contributed by atoms with Gasteiger partial charge in [0.1, 0.15) is 11.4 Å². The number of nitrogens with zero attached hydrogens (tertiary/aromatic N) is 3. The van der Waals surface area contributed by atoms with E-state index in [4.69, 9.17) is 14.1 Å². The monoisotopic (exact) mass is 417 g/mol. The van der Waals surface area contributed by atoms with Gasteiger partial charge < -0.3 is 9.15 Å². The van der Waals surface area contributed by atoms with Crippen LogP contribution in [-0.4, -0.2) is 19.7 Å². The van der Waals surface area contributed by atoms with Crippen molar-refractivity contribution >= 4 is 11.0 Å². The molecule has 0 amide bonds. The summed E-state index contributed by atoms with van der Waals surface area (Å²) in [6.07, 6.45) is 2.15. The average Bonchev–Trinajstić information content (AvgIpc) is 3.27. The maximum atomic E-state index is 13.4. The van der Waals surface area contributed by atoms with E-state index in [2.05, 4.69) is 0 Å². The van der Waals surface area contributed by atoms with Crippen LogP contribution in [0.2, 0.25) is 0 Å². The number of fused-ring (bicyclic) bond motifs is 2. The number of furan rings is 1. The Morgan fingerprint density at radius 3 is 2.58 bits per heavy atom. The summed E-state index contributed by atoms with van der Waals surface area (Å²) in [7, 11) is 0. The summed E-state index contributed by atoms with van der Waals surface area (Å²) in [4.78, 5) is 31.6. The molecule has 1 aromatic carbocycles. The van der Waals surface area contributed by atoms with Crippen molar-refractivity contribution in [3.8, 4) is 0 Å². The standard InChI is InChI=1S/C24H23N3O4/c1-24(2)12-20-17(15-31-24)11-19-21(25-20)26(13-16-7-4-3-5-8-16)23(29)27(22(19)28)14-18-9-6-10-30-18/h3-11H,12-15H2,1-2H3. The topological polar surface area (TPSA) is 79.3 Å². The largest absolute Gasteiger partial charge is 0.467 e. The van der Waals surface area contributed by atoms with E-state index < -0.39 is 5.69 Å².